The zero-order valence-electron chi connectivity index (χ0n) is 15.4. The van der Waals surface area contributed by atoms with E-state index in [4.69, 9.17) is 0 Å². The van der Waals surface area contributed by atoms with E-state index in [2.05, 4.69) is 20.5 Å². The molecule has 2 fully saturated rings. The summed E-state index contributed by atoms with van der Waals surface area (Å²) in [6.07, 6.45) is 7.36. The molecule has 0 aromatic carbocycles. The molecule has 7 heteroatoms. The van der Waals surface area contributed by atoms with Crippen molar-refractivity contribution in [2.75, 3.05) is 38.2 Å². The molecule has 2 aliphatic carbocycles. The van der Waals surface area contributed by atoms with E-state index in [0.29, 0.717) is 6.42 Å². The first-order valence-electron chi connectivity index (χ1n) is 9.34. The highest BCUT2D eigenvalue weighted by molar-refractivity contribution is 7.90. The molecule has 2 rings (SSSR count). The van der Waals surface area contributed by atoms with Gasteiger partial charge in [-0.3, -0.25) is 9.89 Å². The van der Waals surface area contributed by atoms with Crippen LogP contribution in [-0.4, -0.2) is 69.5 Å². The summed E-state index contributed by atoms with van der Waals surface area (Å²) in [6.45, 7) is 7.91. The average Bonchev–Trinajstić information content (AvgIpc) is 3.35. The van der Waals surface area contributed by atoms with Crippen molar-refractivity contribution in [1.29, 1.82) is 0 Å². The maximum Gasteiger partial charge on any atom is 0.191 e. The second kappa shape index (κ2) is 9.04. The molecule has 0 radical (unpaired) electrons. The topological polar surface area (TPSA) is 73.8 Å². The molecule has 0 aromatic rings. The number of sulfone groups is 1. The first-order chi connectivity index (χ1) is 11.4. The van der Waals surface area contributed by atoms with E-state index in [9.17, 15) is 8.42 Å². The molecule has 2 aliphatic rings. The SMILES string of the molecule is CCNC(=NCCN(CC1CC1)C1CC1)NC(C)CCS(C)(=O)=O. The molecule has 6 nitrogen and oxygen atoms in total. The van der Waals surface area contributed by atoms with Gasteiger partial charge in [0.1, 0.15) is 9.84 Å². The summed E-state index contributed by atoms with van der Waals surface area (Å²) in [5, 5.41) is 6.57. The number of guanidine groups is 1. The van der Waals surface area contributed by atoms with Crippen LogP contribution in [0.15, 0.2) is 4.99 Å². The highest BCUT2D eigenvalue weighted by atomic mass is 32.2. The highest BCUT2D eigenvalue weighted by Gasteiger charge is 2.33. The normalized spacial score (nSPS) is 20.2. The molecule has 140 valence electrons. The summed E-state index contributed by atoms with van der Waals surface area (Å²) in [6, 6.07) is 0.883. The largest absolute Gasteiger partial charge is 0.357 e. The van der Waals surface area contributed by atoms with E-state index in [0.717, 1.165) is 37.6 Å². The van der Waals surface area contributed by atoms with Gasteiger partial charge in [0, 0.05) is 38.0 Å². The molecule has 0 aromatic heterocycles. The van der Waals surface area contributed by atoms with Gasteiger partial charge in [0.05, 0.1) is 12.3 Å². The lowest BCUT2D eigenvalue weighted by Crippen LogP contribution is -2.43. The second-order valence-electron chi connectivity index (χ2n) is 7.39. The summed E-state index contributed by atoms with van der Waals surface area (Å²) >= 11 is 0. The van der Waals surface area contributed by atoms with E-state index < -0.39 is 9.84 Å². The molecule has 0 amide bonds. The fourth-order valence-corrected chi connectivity index (χ4v) is 3.58. The number of aliphatic imine (C=N–C) groups is 1. The number of nitrogens with one attached hydrogen (secondary N) is 2. The molecule has 24 heavy (non-hydrogen) atoms. The van der Waals surface area contributed by atoms with Gasteiger partial charge in [-0.2, -0.15) is 0 Å². The molecule has 1 unspecified atom stereocenters. The molecule has 0 spiro atoms. The van der Waals surface area contributed by atoms with Crippen molar-refractivity contribution in [3.8, 4) is 0 Å². The minimum atomic E-state index is -2.91. The van der Waals surface area contributed by atoms with Gasteiger partial charge >= 0.3 is 0 Å². The van der Waals surface area contributed by atoms with Crippen molar-refractivity contribution in [2.45, 2.75) is 58.0 Å². The van der Waals surface area contributed by atoms with Crippen molar-refractivity contribution in [3.63, 3.8) is 0 Å². The number of hydrogen-bond acceptors (Lipinski definition) is 4. The van der Waals surface area contributed by atoms with Crippen molar-refractivity contribution < 1.29 is 8.42 Å². The summed E-state index contributed by atoms with van der Waals surface area (Å²) < 4.78 is 22.6. The van der Waals surface area contributed by atoms with Gasteiger partial charge in [-0.15, -0.1) is 0 Å². The Bertz CT molecular complexity index is 513. The summed E-state index contributed by atoms with van der Waals surface area (Å²) in [7, 11) is -2.91. The molecule has 0 heterocycles. The summed E-state index contributed by atoms with van der Waals surface area (Å²) in [5.74, 6) is 1.93. The Morgan fingerprint density at radius 1 is 1.29 bits per heavy atom. The van der Waals surface area contributed by atoms with Gasteiger partial charge in [0.25, 0.3) is 0 Å². The zero-order chi connectivity index (χ0) is 17.6. The third-order valence-electron chi connectivity index (χ3n) is 4.56. The molecule has 0 aliphatic heterocycles. The first kappa shape index (κ1) is 19.5. The molecular formula is C17H34N4O2S. The smallest absolute Gasteiger partial charge is 0.191 e. The predicted molar refractivity (Wildman–Crippen MR) is 100 cm³/mol. The monoisotopic (exact) mass is 358 g/mol. The van der Waals surface area contributed by atoms with Crippen LogP contribution in [0.4, 0.5) is 0 Å². The van der Waals surface area contributed by atoms with E-state index in [1.807, 2.05) is 13.8 Å². The van der Waals surface area contributed by atoms with Crippen LogP contribution < -0.4 is 10.6 Å². The van der Waals surface area contributed by atoms with Crippen LogP contribution in [-0.2, 0) is 9.84 Å². The summed E-state index contributed by atoms with van der Waals surface area (Å²) in [5.41, 5.74) is 0. The second-order valence-corrected chi connectivity index (χ2v) is 9.65. The quantitative estimate of drug-likeness (QED) is 0.429. The molecular weight excluding hydrogens is 324 g/mol. The standard InChI is InChI=1S/C17H34N4O2S/c1-4-18-17(20-14(2)9-12-24(3,22)23)19-10-11-21(16-7-8-16)13-15-5-6-15/h14-16H,4-13H2,1-3H3,(H2,18,19,20). The Kier molecular flexibility index (Phi) is 7.34. The fourth-order valence-electron chi connectivity index (χ4n) is 2.80. The molecule has 1 atom stereocenters. The maximum absolute atomic E-state index is 11.3. The lowest BCUT2D eigenvalue weighted by Gasteiger charge is -2.21. The fraction of sp³-hybridized carbons (Fsp3) is 0.941. The predicted octanol–water partition coefficient (Wildman–Crippen LogP) is 1.24. The molecule has 0 bridgehead atoms. The van der Waals surface area contributed by atoms with Crippen molar-refractivity contribution in [1.82, 2.24) is 15.5 Å². The van der Waals surface area contributed by atoms with Gasteiger partial charge in [-0.1, -0.05) is 0 Å². The molecule has 2 N–H and O–H groups in total. The van der Waals surface area contributed by atoms with Gasteiger partial charge in [-0.05, 0) is 51.9 Å². The Hall–Kier alpha value is -0.820. The minimum Gasteiger partial charge on any atom is -0.357 e. The number of rotatable bonds is 11. The third kappa shape index (κ3) is 8.33. The Labute approximate surface area is 147 Å². The lowest BCUT2D eigenvalue weighted by atomic mass is 10.3. The third-order valence-corrected chi connectivity index (χ3v) is 5.54. The average molecular weight is 359 g/mol. The van der Waals surface area contributed by atoms with Crippen LogP contribution in [0.3, 0.4) is 0 Å². The van der Waals surface area contributed by atoms with Gasteiger partial charge in [-0.25, -0.2) is 8.42 Å². The van der Waals surface area contributed by atoms with Crippen molar-refractivity contribution in [2.24, 2.45) is 10.9 Å². The van der Waals surface area contributed by atoms with Gasteiger partial charge in [0.2, 0.25) is 0 Å². The van der Waals surface area contributed by atoms with E-state index in [1.165, 1.54) is 38.5 Å². The first-order valence-corrected chi connectivity index (χ1v) is 11.4. The van der Waals surface area contributed by atoms with Crippen LogP contribution >= 0.6 is 0 Å². The Balaban J connectivity index is 1.75. The van der Waals surface area contributed by atoms with Crippen LogP contribution in [0.25, 0.3) is 0 Å². The van der Waals surface area contributed by atoms with E-state index >= 15 is 0 Å². The minimum absolute atomic E-state index is 0.0866. The number of nitrogens with zero attached hydrogens (tertiary/aromatic N) is 2. The zero-order valence-corrected chi connectivity index (χ0v) is 16.2. The van der Waals surface area contributed by atoms with Crippen LogP contribution in [0.1, 0.15) is 46.0 Å². The lowest BCUT2D eigenvalue weighted by molar-refractivity contribution is 0.260. The molecule has 0 saturated heterocycles. The van der Waals surface area contributed by atoms with Crippen LogP contribution in [0, 0.1) is 5.92 Å². The Morgan fingerprint density at radius 2 is 2.00 bits per heavy atom. The maximum atomic E-state index is 11.3. The number of hydrogen-bond donors (Lipinski definition) is 2. The van der Waals surface area contributed by atoms with E-state index in [-0.39, 0.29) is 11.8 Å². The van der Waals surface area contributed by atoms with Gasteiger partial charge in [0.15, 0.2) is 5.96 Å². The van der Waals surface area contributed by atoms with Gasteiger partial charge < -0.3 is 10.6 Å². The molecule has 2 saturated carbocycles. The Morgan fingerprint density at radius 3 is 2.54 bits per heavy atom. The van der Waals surface area contributed by atoms with Crippen LogP contribution in [0.2, 0.25) is 0 Å². The van der Waals surface area contributed by atoms with Crippen molar-refractivity contribution >= 4 is 15.8 Å². The highest BCUT2D eigenvalue weighted by Crippen LogP contribution is 2.34. The van der Waals surface area contributed by atoms with Crippen molar-refractivity contribution in [3.05, 3.63) is 0 Å². The van der Waals surface area contributed by atoms with Crippen LogP contribution in [0.5, 0.6) is 0 Å². The van der Waals surface area contributed by atoms with E-state index in [1.54, 1.807) is 0 Å². The summed E-state index contributed by atoms with van der Waals surface area (Å²) in [4.78, 5) is 7.29.